The van der Waals surface area contributed by atoms with Crippen molar-refractivity contribution in [3.05, 3.63) is 18.1 Å². The van der Waals surface area contributed by atoms with Crippen molar-refractivity contribution >= 4 is 5.82 Å². The zero-order valence-corrected chi connectivity index (χ0v) is 9.82. The van der Waals surface area contributed by atoms with Crippen molar-refractivity contribution in [1.82, 2.24) is 9.97 Å². The highest BCUT2D eigenvalue weighted by atomic mass is 15.1. The first kappa shape index (κ1) is 10.1. The van der Waals surface area contributed by atoms with Gasteiger partial charge < -0.3 is 5.32 Å². The van der Waals surface area contributed by atoms with Crippen LogP contribution in [0.25, 0.3) is 0 Å². The van der Waals surface area contributed by atoms with Gasteiger partial charge in [0.25, 0.3) is 0 Å². The largest absolute Gasteiger partial charge is 0.367 e. The number of rotatable bonds is 4. The van der Waals surface area contributed by atoms with E-state index in [1.807, 2.05) is 12.3 Å². The van der Waals surface area contributed by atoms with Crippen LogP contribution in [-0.4, -0.2) is 16.0 Å². The Morgan fingerprint density at radius 2 is 2.12 bits per heavy atom. The molecule has 2 fully saturated rings. The van der Waals surface area contributed by atoms with E-state index in [0.29, 0.717) is 12.0 Å². The zero-order chi connectivity index (χ0) is 11.0. The molecule has 3 heteroatoms. The molecule has 0 spiro atoms. The van der Waals surface area contributed by atoms with Crippen LogP contribution in [0.15, 0.2) is 12.3 Å². The molecule has 1 aromatic heterocycles. The monoisotopic (exact) mass is 217 g/mol. The molecule has 0 radical (unpaired) electrons. The van der Waals surface area contributed by atoms with Crippen molar-refractivity contribution in [2.45, 2.75) is 51.0 Å². The number of anilines is 1. The first-order valence-electron chi connectivity index (χ1n) is 6.42. The highest BCUT2D eigenvalue weighted by molar-refractivity contribution is 5.35. The van der Waals surface area contributed by atoms with E-state index in [4.69, 9.17) is 0 Å². The fourth-order valence-electron chi connectivity index (χ4n) is 2.28. The summed E-state index contributed by atoms with van der Waals surface area (Å²) in [5.74, 6) is 3.53. The molecule has 16 heavy (non-hydrogen) atoms. The molecule has 2 aliphatic rings. The predicted octanol–water partition coefficient (Wildman–Crippen LogP) is 2.95. The summed E-state index contributed by atoms with van der Waals surface area (Å²) in [7, 11) is 0. The predicted molar refractivity (Wildman–Crippen MR) is 64.4 cm³/mol. The summed E-state index contributed by atoms with van der Waals surface area (Å²) in [6.45, 7) is 2.27. The third kappa shape index (κ3) is 2.04. The fourth-order valence-corrected chi connectivity index (χ4v) is 2.28. The van der Waals surface area contributed by atoms with Gasteiger partial charge >= 0.3 is 0 Å². The van der Waals surface area contributed by atoms with Crippen LogP contribution in [0.5, 0.6) is 0 Å². The maximum absolute atomic E-state index is 4.59. The van der Waals surface area contributed by atoms with Crippen molar-refractivity contribution in [2.75, 3.05) is 5.32 Å². The van der Waals surface area contributed by atoms with Crippen LogP contribution in [-0.2, 0) is 0 Å². The summed E-state index contributed by atoms with van der Waals surface area (Å²) in [5.41, 5.74) is 0. The van der Waals surface area contributed by atoms with Crippen molar-refractivity contribution < 1.29 is 0 Å². The zero-order valence-electron chi connectivity index (χ0n) is 9.82. The van der Waals surface area contributed by atoms with Gasteiger partial charge in [-0.3, -0.25) is 0 Å². The lowest BCUT2D eigenvalue weighted by molar-refractivity contribution is 0.285. The van der Waals surface area contributed by atoms with Gasteiger partial charge in [-0.05, 0) is 44.6 Å². The van der Waals surface area contributed by atoms with Crippen LogP contribution in [0, 0.1) is 5.92 Å². The molecule has 1 aromatic rings. The van der Waals surface area contributed by atoms with Gasteiger partial charge in [0.15, 0.2) is 0 Å². The number of hydrogen-bond acceptors (Lipinski definition) is 3. The third-order valence-electron chi connectivity index (χ3n) is 3.85. The minimum absolute atomic E-state index is 0.552. The summed E-state index contributed by atoms with van der Waals surface area (Å²) in [6, 6.07) is 2.54. The van der Waals surface area contributed by atoms with Crippen LogP contribution < -0.4 is 5.32 Å². The van der Waals surface area contributed by atoms with Gasteiger partial charge in [-0.1, -0.05) is 6.42 Å². The van der Waals surface area contributed by atoms with Crippen molar-refractivity contribution in [3.63, 3.8) is 0 Å². The summed E-state index contributed by atoms with van der Waals surface area (Å²) in [6.07, 6.45) is 8.55. The molecule has 0 bridgehead atoms. The number of nitrogens with zero attached hydrogens (tertiary/aromatic N) is 2. The average molecular weight is 217 g/mol. The van der Waals surface area contributed by atoms with Crippen molar-refractivity contribution in [3.8, 4) is 0 Å². The quantitative estimate of drug-likeness (QED) is 0.842. The minimum atomic E-state index is 0.552. The van der Waals surface area contributed by atoms with E-state index >= 15 is 0 Å². The van der Waals surface area contributed by atoms with E-state index < -0.39 is 0 Å². The van der Waals surface area contributed by atoms with Crippen molar-refractivity contribution in [2.24, 2.45) is 5.92 Å². The molecular weight excluding hydrogens is 198 g/mol. The molecular formula is C13H19N3. The Morgan fingerprint density at radius 1 is 1.31 bits per heavy atom. The highest BCUT2D eigenvalue weighted by Gasteiger charge is 2.27. The molecule has 0 saturated heterocycles. The molecule has 0 aromatic carbocycles. The van der Waals surface area contributed by atoms with Crippen LogP contribution in [0.3, 0.4) is 0 Å². The van der Waals surface area contributed by atoms with Crippen LogP contribution in [0.2, 0.25) is 0 Å². The first-order valence-corrected chi connectivity index (χ1v) is 6.42. The molecule has 1 atom stereocenters. The lowest BCUT2D eigenvalue weighted by Gasteiger charge is -2.32. The molecule has 1 heterocycles. The smallest absolute Gasteiger partial charge is 0.133 e. The van der Waals surface area contributed by atoms with E-state index in [1.54, 1.807) is 0 Å². The third-order valence-corrected chi connectivity index (χ3v) is 3.85. The first-order chi connectivity index (χ1) is 7.83. The number of aromatic nitrogens is 2. The van der Waals surface area contributed by atoms with Gasteiger partial charge in [-0.15, -0.1) is 0 Å². The Hall–Kier alpha value is -1.12. The molecule has 0 aliphatic heterocycles. The fraction of sp³-hybridized carbons (Fsp3) is 0.692. The lowest BCUT2D eigenvalue weighted by Crippen LogP contribution is -2.31. The average Bonchev–Trinajstić information content (AvgIpc) is 2.97. The standard InChI is InChI=1S/C13H19N3/c1-9(10-3-2-4-10)15-12-7-8-14-13(16-12)11-5-6-11/h7-11H,2-6H2,1H3,(H,14,15,16). The Balaban J connectivity index is 1.66. The second-order valence-electron chi connectivity index (χ2n) is 5.20. The van der Waals surface area contributed by atoms with E-state index in [-0.39, 0.29) is 0 Å². The minimum Gasteiger partial charge on any atom is -0.367 e. The van der Waals surface area contributed by atoms with Gasteiger partial charge in [0.1, 0.15) is 11.6 Å². The molecule has 3 nitrogen and oxygen atoms in total. The van der Waals surface area contributed by atoms with Crippen LogP contribution in [0.4, 0.5) is 5.82 Å². The second-order valence-corrected chi connectivity index (χ2v) is 5.20. The van der Waals surface area contributed by atoms with E-state index in [0.717, 1.165) is 17.6 Å². The van der Waals surface area contributed by atoms with E-state index in [9.17, 15) is 0 Å². The Morgan fingerprint density at radius 3 is 2.75 bits per heavy atom. The Labute approximate surface area is 96.7 Å². The molecule has 1 N–H and O–H groups in total. The normalized spacial score (nSPS) is 22.6. The molecule has 86 valence electrons. The summed E-state index contributed by atoms with van der Waals surface area (Å²) < 4.78 is 0. The van der Waals surface area contributed by atoms with Gasteiger partial charge in [0.05, 0.1) is 0 Å². The molecule has 2 saturated carbocycles. The molecule has 2 aliphatic carbocycles. The maximum Gasteiger partial charge on any atom is 0.133 e. The molecule has 0 amide bonds. The maximum atomic E-state index is 4.59. The van der Waals surface area contributed by atoms with E-state index in [1.165, 1.54) is 32.1 Å². The number of hydrogen-bond donors (Lipinski definition) is 1. The summed E-state index contributed by atoms with van der Waals surface area (Å²) >= 11 is 0. The van der Waals surface area contributed by atoms with Crippen LogP contribution >= 0.6 is 0 Å². The van der Waals surface area contributed by atoms with Gasteiger partial charge in [0, 0.05) is 18.2 Å². The topological polar surface area (TPSA) is 37.8 Å². The Bertz CT molecular complexity index is 369. The van der Waals surface area contributed by atoms with E-state index in [2.05, 4.69) is 22.2 Å². The number of nitrogens with one attached hydrogen (secondary N) is 1. The Kier molecular flexibility index (Phi) is 2.54. The van der Waals surface area contributed by atoms with Gasteiger partial charge in [-0.2, -0.15) is 0 Å². The lowest BCUT2D eigenvalue weighted by atomic mass is 9.80. The van der Waals surface area contributed by atoms with Crippen molar-refractivity contribution in [1.29, 1.82) is 0 Å². The van der Waals surface area contributed by atoms with Gasteiger partial charge in [0.2, 0.25) is 0 Å². The molecule has 1 unspecified atom stereocenters. The second kappa shape index (κ2) is 4.04. The SMILES string of the molecule is CC(Nc1ccnc(C2CC2)n1)C1CCC1. The van der Waals surface area contributed by atoms with Gasteiger partial charge in [-0.25, -0.2) is 9.97 Å². The summed E-state index contributed by atoms with van der Waals surface area (Å²) in [5, 5.41) is 3.52. The highest BCUT2D eigenvalue weighted by Crippen LogP contribution is 2.38. The summed E-state index contributed by atoms with van der Waals surface area (Å²) in [4.78, 5) is 8.93. The van der Waals surface area contributed by atoms with Crippen LogP contribution in [0.1, 0.15) is 50.8 Å². The molecule has 3 rings (SSSR count).